The highest BCUT2D eigenvalue weighted by atomic mass is 79.9. The Kier molecular flexibility index (Phi) is 3.07. The number of benzene rings is 1. The van der Waals surface area contributed by atoms with Crippen molar-refractivity contribution in [2.75, 3.05) is 0 Å². The summed E-state index contributed by atoms with van der Waals surface area (Å²) in [6.45, 7) is 0. The summed E-state index contributed by atoms with van der Waals surface area (Å²) in [7, 11) is 0. The Morgan fingerprint density at radius 3 is 2.87 bits per heavy atom. The topological polar surface area (TPSA) is 26.0 Å². The van der Waals surface area contributed by atoms with Crippen molar-refractivity contribution in [3.8, 4) is 11.3 Å². The first-order valence-electron chi connectivity index (χ1n) is 4.17. The summed E-state index contributed by atoms with van der Waals surface area (Å²) in [5, 5.41) is 0. The number of rotatable bonds is 2. The van der Waals surface area contributed by atoms with E-state index in [1.807, 2.05) is 0 Å². The number of hydrogen-bond acceptors (Lipinski definition) is 2. The molecule has 0 saturated heterocycles. The van der Waals surface area contributed by atoms with Gasteiger partial charge in [0.2, 0.25) is 5.89 Å². The van der Waals surface area contributed by atoms with Crippen molar-refractivity contribution < 1.29 is 8.81 Å². The largest absolute Gasteiger partial charge is 0.439 e. The van der Waals surface area contributed by atoms with Gasteiger partial charge in [-0.1, -0.05) is 0 Å². The molecule has 0 N–H and O–H groups in total. The summed E-state index contributed by atoms with van der Waals surface area (Å²) in [6, 6.07) is 4.62. The van der Waals surface area contributed by atoms with E-state index in [9.17, 15) is 4.39 Å². The predicted molar refractivity (Wildman–Crippen MR) is 59.2 cm³/mol. The Labute approximate surface area is 99.2 Å². The normalized spacial score (nSPS) is 10.6. The van der Waals surface area contributed by atoms with E-state index in [1.165, 1.54) is 6.07 Å². The molecular weight excluding hydrogens is 284 g/mol. The van der Waals surface area contributed by atoms with Gasteiger partial charge in [0.25, 0.3) is 0 Å². The molecule has 0 aliphatic heterocycles. The third-order valence-electron chi connectivity index (χ3n) is 1.87. The minimum Gasteiger partial charge on any atom is -0.439 e. The lowest BCUT2D eigenvalue weighted by molar-refractivity contribution is 0.528. The lowest BCUT2D eigenvalue weighted by Crippen LogP contribution is -1.79. The van der Waals surface area contributed by atoms with Gasteiger partial charge >= 0.3 is 0 Å². The van der Waals surface area contributed by atoms with Gasteiger partial charge in [0.05, 0.1) is 16.5 Å². The van der Waals surface area contributed by atoms with Gasteiger partial charge in [0, 0.05) is 5.56 Å². The fourth-order valence-electron chi connectivity index (χ4n) is 1.15. The van der Waals surface area contributed by atoms with Gasteiger partial charge < -0.3 is 4.42 Å². The molecule has 0 fully saturated rings. The molecule has 0 radical (unpaired) electrons. The monoisotopic (exact) mass is 289 g/mol. The summed E-state index contributed by atoms with van der Waals surface area (Å²) in [5.74, 6) is 0.942. The van der Waals surface area contributed by atoms with Gasteiger partial charge in [0.15, 0.2) is 5.76 Å². The second-order valence-electron chi connectivity index (χ2n) is 2.88. The maximum absolute atomic E-state index is 13.0. The van der Waals surface area contributed by atoms with Crippen molar-refractivity contribution in [3.63, 3.8) is 0 Å². The summed E-state index contributed by atoms with van der Waals surface area (Å²) in [5.41, 5.74) is 0.757. The fraction of sp³-hybridized carbons (Fsp3) is 0.100. The van der Waals surface area contributed by atoms with Crippen LogP contribution in [0.5, 0.6) is 0 Å². The van der Waals surface area contributed by atoms with Crippen LogP contribution in [0.4, 0.5) is 4.39 Å². The number of hydrogen-bond donors (Lipinski definition) is 0. The summed E-state index contributed by atoms with van der Waals surface area (Å²) in [4.78, 5) is 3.96. The third-order valence-corrected chi connectivity index (χ3v) is 2.71. The minimum absolute atomic E-state index is 0.225. The van der Waals surface area contributed by atoms with E-state index in [-0.39, 0.29) is 11.7 Å². The highest BCUT2D eigenvalue weighted by Crippen LogP contribution is 2.25. The molecule has 78 valence electrons. The molecule has 0 unspecified atom stereocenters. The lowest BCUT2D eigenvalue weighted by atomic mass is 10.2. The van der Waals surface area contributed by atoms with Gasteiger partial charge in [-0.25, -0.2) is 9.37 Å². The molecule has 0 atom stereocenters. The van der Waals surface area contributed by atoms with Crippen LogP contribution in [0.25, 0.3) is 11.3 Å². The Bertz CT molecular complexity index is 486. The molecule has 0 amide bonds. The van der Waals surface area contributed by atoms with E-state index in [1.54, 1.807) is 18.3 Å². The second kappa shape index (κ2) is 4.33. The molecule has 2 aromatic rings. The molecule has 0 spiro atoms. The maximum atomic E-state index is 13.0. The molecule has 2 rings (SSSR count). The Morgan fingerprint density at radius 2 is 2.27 bits per heavy atom. The average Bonchev–Trinajstić information content (AvgIpc) is 2.70. The highest BCUT2D eigenvalue weighted by Gasteiger charge is 2.07. The number of oxazole rings is 1. The zero-order chi connectivity index (χ0) is 10.8. The van der Waals surface area contributed by atoms with E-state index in [0.29, 0.717) is 16.1 Å². The molecular formula is C10H6BrClFNO. The molecule has 0 aliphatic rings. The predicted octanol–water partition coefficient (Wildman–Crippen LogP) is 3.98. The molecule has 1 aromatic heterocycles. The van der Waals surface area contributed by atoms with E-state index in [4.69, 9.17) is 16.0 Å². The number of nitrogens with zero attached hydrogens (tertiary/aromatic N) is 1. The number of halogens is 3. The van der Waals surface area contributed by atoms with Crippen LogP contribution < -0.4 is 0 Å². The van der Waals surface area contributed by atoms with Crippen molar-refractivity contribution in [2.45, 2.75) is 5.88 Å². The molecule has 15 heavy (non-hydrogen) atoms. The maximum Gasteiger partial charge on any atom is 0.209 e. The van der Waals surface area contributed by atoms with Gasteiger partial charge in [-0.05, 0) is 34.1 Å². The van der Waals surface area contributed by atoms with Gasteiger partial charge in [0.1, 0.15) is 5.82 Å². The average molecular weight is 291 g/mol. The summed E-state index contributed by atoms with van der Waals surface area (Å²) in [6.07, 6.45) is 1.57. The van der Waals surface area contributed by atoms with E-state index in [2.05, 4.69) is 20.9 Å². The van der Waals surface area contributed by atoms with Crippen molar-refractivity contribution in [3.05, 3.63) is 40.6 Å². The first-order chi connectivity index (χ1) is 7.20. The van der Waals surface area contributed by atoms with Gasteiger partial charge in [-0.3, -0.25) is 0 Å². The molecule has 5 heteroatoms. The smallest absolute Gasteiger partial charge is 0.209 e. The molecule has 0 saturated carbocycles. The molecule has 2 nitrogen and oxygen atoms in total. The molecule has 1 heterocycles. The van der Waals surface area contributed by atoms with Crippen LogP contribution in [-0.4, -0.2) is 4.98 Å². The Hall–Kier alpha value is -0.870. The standard InChI is InChI=1S/C10H6BrClFNO/c11-7-3-6(1-2-8(7)13)9-5-14-10(4-12)15-9/h1-3,5H,4H2. The van der Waals surface area contributed by atoms with Crippen molar-refractivity contribution in [2.24, 2.45) is 0 Å². The lowest BCUT2D eigenvalue weighted by Gasteiger charge is -1.98. The van der Waals surface area contributed by atoms with Crippen LogP contribution in [0.3, 0.4) is 0 Å². The first-order valence-corrected chi connectivity index (χ1v) is 5.49. The van der Waals surface area contributed by atoms with Gasteiger partial charge in [-0.2, -0.15) is 0 Å². The Morgan fingerprint density at radius 1 is 1.47 bits per heavy atom. The molecule has 0 aliphatic carbocycles. The first kappa shape index (κ1) is 10.6. The van der Waals surface area contributed by atoms with Crippen LogP contribution >= 0.6 is 27.5 Å². The fourth-order valence-corrected chi connectivity index (χ4v) is 1.66. The quantitative estimate of drug-likeness (QED) is 0.782. The van der Waals surface area contributed by atoms with Crippen molar-refractivity contribution >= 4 is 27.5 Å². The number of aromatic nitrogens is 1. The second-order valence-corrected chi connectivity index (χ2v) is 4.00. The van der Waals surface area contributed by atoms with Crippen LogP contribution in [0, 0.1) is 5.82 Å². The van der Waals surface area contributed by atoms with Crippen molar-refractivity contribution in [1.29, 1.82) is 0 Å². The van der Waals surface area contributed by atoms with E-state index in [0.717, 1.165) is 5.56 Å². The third kappa shape index (κ3) is 2.21. The Balaban J connectivity index is 2.40. The SMILES string of the molecule is Fc1ccc(-c2cnc(CCl)o2)cc1Br. The van der Waals surface area contributed by atoms with Gasteiger partial charge in [-0.15, -0.1) is 11.6 Å². The summed E-state index contributed by atoms with van der Waals surface area (Å²) >= 11 is 8.66. The van der Waals surface area contributed by atoms with Crippen LogP contribution in [-0.2, 0) is 5.88 Å². The minimum atomic E-state index is -0.309. The summed E-state index contributed by atoms with van der Waals surface area (Å²) < 4.78 is 18.7. The van der Waals surface area contributed by atoms with Crippen LogP contribution in [0.15, 0.2) is 33.3 Å². The zero-order valence-corrected chi connectivity index (χ0v) is 9.85. The number of alkyl halides is 1. The van der Waals surface area contributed by atoms with E-state index < -0.39 is 0 Å². The van der Waals surface area contributed by atoms with Crippen LogP contribution in [0.2, 0.25) is 0 Å². The highest BCUT2D eigenvalue weighted by molar-refractivity contribution is 9.10. The molecule has 1 aromatic carbocycles. The zero-order valence-electron chi connectivity index (χ0n) is 7.51. The van der Waals surface area contributed by atoms with Crippen LogP contribution in [0.1, 0.15) is 5.89 Å². The van der Waals surface area contributed by atoms with E-state index >= 15 is 0 Å². The van der Waals surface area contributed by atoms with Crippen molar-refractivity contribution in [1.82, 2.24) is 4.98 Å². The molecule has 0 bridgehead atoms.